The Kier molecular flexibility index (Phi) is 11.3. The largest absolute Gasteiger partial charge is 0.493 e. The molecule has 0 bridgehead atoms. The minimum atomic E-state index is -6.55. The lowest BCUT2D eigenvalue weighted by Gasteiger charge is -2.36. The summed E-state index contributed by atoms with van der Waals surface area (Å²) >= 11 is 0. The van der Waals surface area contributed by atoms with Crippen molar-refractivity contribution in [3.05, 3.63) is 66.2 Å². The number of hydrogen-bond acceptors (Lipinski definition) is 3. The maximum absolute atomic E-state index is 14.4. The van der Waals surface area contributed by atoms with Crippen molar-refractivity contribution in [3.63, 3.8) is 0 Å². The maximum Gasteiger partial charge on any atom is 0.417 e. The van der Waals surface area contributed by atoms with E-state index in [1.165, 1.54) is 41.9 Å². The van der Waals surface area contributed by atoms with Crippen LogP contribution in [0, 0.1) is 0 Å². The standard InChI is InChI=1S/C32H32F11NO3/c1-4-6-7-8-20-9-12-23(24(17-20)30(37,38)39)26-18-21-10-11-22(19-25(21)44(26)3)46-15-13-28(33,34)31(40,41)32(42,43)29(35,36)14-16-47-27(45)5-2/h5,9-12,17-19H,2,4,6-8,13-16H2,1,3H3. The van der Waals surface area contributed by atoms with Crippen molar-refractivity contribution in [1.82, 2.24) is 4.57 Å². The number of unbranched alkanes of at least 4 members (excludes halogenated alkanes) is 2. The van der Waals surface area contributed by atoms with Crippen LogP contribution in [-0.4, -0.2) is 47.4 Å². The van der Waals surface area contributed by atoms with E-state index in [1.54, 1.807) is 6.07 Å². The first-order chi connectivity index (χ1) is 21.7. The lowest BCUT2D eigenvalue weighted by molar-refractivity contribution is -0.368. The van der Waals surface area contributed by atoms with E-state index in [-0.39, 0.29) is 22.5 Å². The molecule has 1 heterocycles. The molecule has 0 amide bonds. The van der Waals surface area contributed by atoms with Crippen molar-refractivity contribution >= 4 is 16.9 Å². The number of rotatable bonds is 16. The third-order valence-electron chi connectivity index (χ3n) is 7.58. The molecule has 0 aliphatic heterocycles. The Hall–Kier alpha value is -3.78. The number of esters is 1. The van der Waals surface area contributed by atoms with Crippen LogP contribution in [0.25, 0.3) is 22.2 Å². The number of aryl methyl sites for hydroxylation is 2. The molecule has 3 rings (SSSR count). The van der Waals surface area contributed by atoms with Crippen LogP contribution in [0.2, 0.25) is 0 Å². The highest BCUT2D eigenvalue weighted by Gasteiger charge is 2.79. The summed E-state index contributed by atoms with van der Waals surface area (Å²) in [7, 11) is 1.44. The first kappa shape index (κ1) is 37.7. The van der Waals surface area contributed by atoms with Gasteiger partial charge in [-0.2, -0.15) is 48.3 Å². The van der Waals surface area contributed by atoms with Crippen molar-refractivity contribution < 1.29 is 62.6 Å². The Morgan fingerprint density at radius 2 is 1.45 bits per heavy atom. The molecule has 2 aromatic carbocycles. The minimum absolute atomic E-state index is 0.128. The van der Waals surface area contributed by atoms with Gasteiger partial charge >= 0.3 is 35.8 Å². The molecule has 0 atom stereocenters. The number of benzene rings is 2. The van der Waals surface area contributed by atoms with Crippen LogP contribution >= 0.6 is 0 Å². The average molecular weight is 688 g/mol. The van der Waals surface area contributed by atoms with Gasteiger partial charge < -0.3 is 14.0 Å². The smallest absolute Gasteiger partial charge is 0.417 e. The van der Waals surface area contributed by atoms with Gasteiger partial charge in [0.1, 0.15) is 5.75 Å². The first-order valence-electron chi connectivity index (χ1n) is 14.4. The molecule has 0 spiro atoms. The molecule has 0 N–H and O–H groups in total. The first-order valence-corrected chi connectivity index (χ1v) is 14.4. The van der Waals surface area contributed by atoms with Crippen molar-refractivity contribution in [3.8, 4) is 17.0 Å². The number of ether oxygens (including phenoxy) is 2. The normalized spacial score (nSPS) is 13.2. The van der Waals surface area contributed by atoms with Crippen molar-refractivity contribution in [1.29, 1.82) is 0 Å². The lowest BCUT2D eigenvalue weighted by Crippen LogP contribution is -2.62. The Morgan fingerprint density at radius 1 is 0.830 bits per heavy atom. The number of fused-ring (bicyclic) bond motifs is 1. The molecule has 0 aliphatic rings. The van der Waals surface area contributed by atoms with Crippen molar-refractivity contribution in [2.75, 3.05) is 13.2 Å². The van der Waals surface area contributed by atoms with Crippen LogP contribution < -0.4 is 4.74 Å². The second-order valence-electron chi connectivity index (χ2n) is 10.9. The fourth-order valence-electron chi connectivity index (χ4n) is 4.85. The van der Waals surface area contributed by atoms with Crippen LogP contribution in [-0.2, 0) is 29.2 Å². The maximum atomic E-state index is 14.4. The van der Waals surface area contributed by atoms with Gasteiger partial charge in [-0.05, 0) is 42.7 Å². The highest BCUT2D eigenvalue weighted by Crippen LogP contribution is 2.54. The van der Waals surface area contributed by atoms with Crippen LogP contribution in [0.15, 0.2) is 55.1 Å². The quantitative estimate of drug-likeness (QED) is 0.0652. The number of carbonyl (C=O) groups excluding carboxylic acids is 1. The van der Waals surface area contributed by atoms with Gasteiger partial charge in [-0.3, -0.25) is 0 Å². The zero-order valence-corrected chi connectivity index (χ0v) is 25.3. The van der Waals surface area contributed by atoms with Crippen LogP contribution in [0.4, 0.5) is 48.3 Å². The van der Waals surface area contributed by atoms with Gasteiger partial charge in [0.05, 0.1) is 37.1 Å². The number of halogens is 11. The Balaban J connectivity index is 1.79. The summed E-state index contributed by atoms with van der Waals surface area (Å²) in [5, 5.41) is 0.410. The third kappa shape index (κ3) is 8.03. The van der Waals surface area contributed by atoms with E-state index in [4.69, 9.17) is 4.74 Å². The molecule has 3 aromatic rings. The molecule has 1 aromatic heterocycles. The van der Waals surface area contributed by atoms with E-state index < -0.39 is 67.5 Å². The van der Waals surface area contributed by atoms with E-state index in [9.17, 15) is 53.1 Å². The molecule has 47 heavy (non-hydrogen) atoms. The van der Waals surface area contributed by atoms with Crippen LogP contribution in [0.5, 0.6) is 5.75 Å². The number of nitrogens with zero attached hydrogens (tertiary/aromatic N) is 1. The number of aromatic nitrogens is 1. The van der Waals surface area contributed by atoms with Gasteiger partial charge in [0, 0.05) is 35.8 Å². The molecule has 260 valence electrons. The molecular weight excluding hydrogens is 655 g/mol. The van der Waals surface area contributed by atoms with E-state index in [0.29, 0.717) is 23.4 Å². The third-order valence-corrected chi connectivity index (χ3v) is 7.58. The second-order valence-corrected chi connectivity index (χ2v) is 10.9. The summed E-state index contributed by atoms with van der Waals surface area (Å²) in [5.74, 6) is -26.0. The molecule has 4 nitrogen and oxygen atoms in total. The van der Waals surface area contributed by atoms with Crippen molar-refractivity contribution in [2.45, 2.75) is 75.3 Å². The van der Waals surface area contributed by atoms with Gasteiger partial charge in [-0.1, -0.05) is 38.5 Å². The van der Waals surface area contributed by atoms with Crippen LogP contribution in [0.1, 0.15) is 50.2 Å². The Bertz CT molecular complexity index is 1560. The summed E-state index contributed by atoms with van der Waals surface area (Å²) in [5.41, 5.74) is -0.0633. The molecule has 0 unspecified atom stereocenters. The van der Waals surface area contributed by atoms with E-state index in [0.717, 1.165) is 25.3 Å². The van der Waals surface area contributed by atoms with Gasteiger partial charge in [-0.15, -0.1) is 0 Å². The fourth-order valence-corrected chi connectivity index (χ4v) is 4.85. The molecule has 0 fully saturated rings. The zero-order chi connectivity index (χ0) is 35.4. The molecular formula is C32H32F11NO3. The zero-order valence-electron chi connectivity index (χ0n) is 25.3. The Morgan fingerprint density at radius 3 is 2.02 bits per heavy atom. The molecule has 0 radical (unpaired) electrons. The number of carbonyl (C=O) groups is 1. The molecule has 0 aliphatic carbocycles. The topological polar surface area (TPSA) is 40.5 Å². The van der Waals surface area contributed by atoms with Crippen molar-refractivity contribution in [2.24, 2.45) is 7.05 Å². The van der Waals surface area contributed by atoms with E-state index in [1.807, 2.05) is 6.92 Å². The molecule has 0 saturated heterocycles. The minimum Gasteiger partial charge on any atom is -0.493 e. The summed E-state index contributed by atoms with van der Waals surface area (Å²) in [6.07, 6.45) is -5.54. The van der Waals surface area contributed by atoms with E-state index in [2.05, 4.69) is 11.3 Å². The summed E-state index contributed by atoms with van der Waals surface area (Å²) in [4.78, 5) is 10.9. The summed E-state index contributed by atoms with van der Waals surface area (Å²) < 4.78 is 166. The Labute approximate surface area is 263 Å². The van der Waals surface area contributed by atoms with Gasteiger partial charge in [0.25, 0.3) is 0 Å². The number of hydrogen-bond donors (Lipinski definition) is 0. The van der Waals surface area contributed by atoms with Gasteiger partial charge in [-0.25, -0.2) is 4.79 Å². The average Bonchev–Trinajstić information content (AvgIpc) is 3.31. The summed E-state index contributed by atoms with van der Waals surface area (Å²) in [6.45, 7) is 2.11. The predicted molar refractivity (Wildman–Crippen MR) is 152 cm³/mol. The molecule has 0 saturated carbocycles. The number of alkyl halides is 11. The van der Waals surface area contributed by atoms with Gasteiger partial charge in [0.15, 0.2) is 0 Å². The summed E-state index contributed by atoms with van der Waals surface area (Å²) in [6, 6.07) is 9.26. The predicted octanol–water partition coefficient (Wildman–Crippen LogP) is 10.0. The fraction of sp³-hybridized carbons (Fsp3) is 0.469. The molecule has 15 heteroatoms. The highest BCUT2D eigenvalue weighted by molar-refractivity contribution is 5.88. The SMILES string of the molecule is C=CC(=O)OCCC(F)(F)C(F)(F)C(F)(F)C(F)(F)CCOc1ccc2cc(-c3ccc(CCCCC)cc3C(F)(F)F)n(C)c2c1. The van der Waals surface area contributed by atoms with E-state index >= 15 is 0 Å². The monoisotopic (exact) mass is 687 g/mol. The highest BCUT2D eigenvalue weighted by atomic mass is 19.4. The lowest BCUT2D eigenvalue weighted by atomic mass is 9.95. The van der Waals surface area contributed by atoms with Crippen LogP contribution in [0.3, 0.4) is 0 Å². The van der Waals surface area contributed by atoms with Gasteiger partial charge in [0.2, 0.25) is 0 Å². The second kappa shape index (κ2) is 14.1.